The molecule has 1 aromatic carbocycles. The van der Waals surface area contributed by atoms with Crippen LogP contribution in [0.25, 0.3) is 10.9 Å². The van der Waals surface area contributed by atoms with Crippen molar-refractivity contribution >= 4 is 16.8 Å². The standard InChI is InChI=1S/C17H20N2O2/c1-4-7-18-16(20)6-5-13-10-14-12(3)8-11(2)9-15(14)19-17(13)21/h4,8-10H,1,5-7H2,2-3H3,(H,18,20)(H,19,21). The van der Waals surface area contributed by atoms with Crippen LogP contribution in [0.2, 0.25) is 0 Å². The highest BCUT2D eigenvalue weighted by atomic mass is 16.1. The van der Waals surface area contributed by atoms with Crippen LogP contribution in [-0.4, -0.2) is 17.4 Å². The summed E-state index contributed by atoms with van der Waals surface area (Å²) in [5.41, 5.74) is 3.61. The third-order valence-corrected chi connectivity index (χ3v) is 3.45. The highest BCUT2D eigenvalue weighted by molar-refractivity contribution is 5.83. The van der Waals surface area contributed by atoms with Crippen molar-refractivity contribution in [1.29, 1.82) is 0 Å². The van der Waals surface area contributed by atoms with Gasteiger partial charge in [-0.2, -0.15) is 0 Å². The van der Waals surface area contributed by atoms with Crippen LogP contribution in [0, 0.1) is 13.8 Å². The molecule has 1 heterocycles. The number of hydrogen-bond donors (Lipinski definition) is 2. The number of benzene rings is 1. The zero-order chi connectivity index (χ0) is 15.4. The summed E-state index contributed by atoms with van der Waals surface area (Å²) in [4.78, 5) is 26.6. The number of H-pyrrole nitrogens is 1. The maximum atomic E-state index is 12.1. The van der Waals surface area contributed by atoms with E-state index in [9.17, 15) is 9.59 Å². The van der Waals surface area contributed by atoms with Crippen molar-refractivity contribution in [2.45, 2.75) is 26.7 Å². The zero-order valence-corrected chi connectivity index (χ0v) is 12.5. The Morgan fingerprint density at radius 2 is 2.10 bits per heavy atom. The Kier molecular flexibility index (Phi) is 4.58. The minimum Gasteiger partial charge on any atom is -0.353 e. The summed E-state index contributed by atoms with van der Waals surface area (Å²) in [5, 5.41) is 3.74. The number of aromatic amines is 1. The number of hydrogen-bond acceptors (Lipinski definition) is 2. The van der Waals surface area contributed by atoms with Crippen molar-refractivity contribution in [3.63, 3.8) is 0 Å². The van der Waals surface area contributed by atoms with Gasteiger partial charge in [0.2, 0.25) is 5.91 Å². The van der Waals surface area contributed by atoms with Gasteiger partial charge in [-0.3, -0.25) is 9.59 Å². The Hall–Kier alpha value is -2.36. The number of amides is 1. The number of aryl methyl sites for hydroxylation is 3. The van der Waals surface area contributed by atoms with E-state index in [-0.39, 0.29) is 11.5 Å². The van der Waals surface area contributed by atoms with E-state index in [0.29, 0.717) is 24.9 Å². The van der Waals surface area contributed by atoms with Crippen molar-refractivity contribution in [3.05, 3.63) is 57.9 Å². The van der Waals surface area contributed by atoms with E-state index < -0.39 is 0 Å². The molecular weight excluding hydrogens is 264 g/mol. The molecule has 1 amide bonds. The lowest BCUT2D eigenvalue weighted by Gasteiger charge is -2.07. The molecule has 0 saturated heterocycles. The third-order valence-electron chi connectivity index (χ3n) is 3.45. The quantitative estimate of drug-likeness (QED) is 0.828. The van der Waals surface area contributed by atoms with Crippen molar-refractivity contribution in [2.24, 2.45) is 0 Å². The van der Waals surface area contributed by atoms with Gasteiger partial charge in [0.15, 0.2) is 0 Å². The monoisotopic (exact) mass is 284 g/mol. The lowest BCUT2D eigenvalue weighted by molar-refractivity contribution is -0.120. The van der Waals surface area contributed by atoms with Crippen LogP contribution in [0.3, 0.4) is 0 Å². The van der Waals surface area contributed by atoms with E-state index in [1.807, 2.05) is 26.0 Å². The Balaban J connectivity index is 2.25. The molecule has 4 nitrogen and oxygen atoms in total. The van der Waals surface area contributed by atoms with Gasteiger partial charge in [-0.15, -0.1) is 6.58 Å². The second kappa shape index (κ2) is 6.39. The summed E-state index contributed by atoms with van der Waals surface area (Å²) < 4.78 is 0. The molecule has 0 fully saturated rings. The first-order chi connectivity index (χ1) is 10.0. The molecule has 0 atom stereocenters. The highest BCUT2D eigenvalue weighted by Crippen LogP contribution is 2.18. The number of rotatable bonds is 5. The Morgan fingerprint density at radius 3 is 2.81 bits per heavy atom. The third kappa shape index (κ3) is 3.60. The molecule has 0 aliphatic rings. The summed E-state index contributed by atoms with van der Waals surface area (Å²) in [6.45, 7) is 8.02. The minimum atomic E-state index is -0.121. The summed E-state index contributed by atoms with van der Waals surface area (Å²) in [6.07, 6.45) is 2.36. The van der Waals surface area contributed by atoms with Crippen molar-refractivity contribution in [3.8, 4) is 0 Å². The van der Waals surface area contributed by atoms with Crippen LogP contribution >= 0.6 is 0 Å². The van der Waals surface area contributed by atoms with Gasteiger partial charge in [0.05, 0.1) is 0 Å². The molecule has 2 rings (SSSR count). The van der Waals surface area contributed by atoms with Crippen LogP contribution in [-0.2, 0) is 11.2 Å². The molecule has 0 aliphatic heterocycles. The molecule has 0 bridgehead atoms. The largest absolute Gasteiger partial charge is 0.353 e. The maximum Gasteiger partial charge on any atom is 0.251 e. The fraction of sp³-hybridized carbons (Fsp3) is 0.294. The molecule has 4 heteroatoms. The molecule has 110 valence electrons. The fourth-order valence-electron chi connectivity index (χ4n) is 2.42. The van der Waals surface area contributed by atoms with Crippen LogP contribution in [0.4, 0.5) is 0 Å². The number of nitrogens with one attached hydrogen (secondary N) is 2. The number of pyridine rings is 1. The SMILES string of the molecule is C=CCNC(=O)CCc1cc2c(C)cc(C)cc2[nH]c1=O. The molecular formula is C17H20N2O2. The van der Waals surface area contributed by atoms with Crippen LogP contribution < -0.4 is 10.9 Å². The lowest BCUT2D eigenvalue weighted by atomic mass is 10.0. The number of carbonyl (C=O) groups is 1. The second-order valence-electron chi connectivity index (χ2n) is 5.26. The summed E-state index contributed by atoms with van der Waals surface area (Å²) >= 11 is 0. The van der Waals surface area contributed by atoms with Gasteiger partial charge in [0.25, 0.3) is 5.56 Å². The van der Waals surface area contributed by atoms with Gasteiger partial charge in [0.1, 0.15) is 0 Å². The van der Waals surface area contributed by atoms with Gasteiger partial charge < -0.3 is 10.3 Å². The van der Waals surface area contributed by atoms with Gasteiger partial charge in [-0.1, -0.05) is 12.1 Å². The van der Waals surface area contributed by atoms with E-state index in [1.54, 1.807) is 6.08 Å². The van der Waals surface area contributed by atoms with Gasteiger partial charge >= 0.3 is 0 Å². The summed E-state index contributed by atoms with van der Waals surface area (Å²) in [6, 6.07) is 5.94. The van der Waals surface area contributed by atoms with Crippen LogP contribution in [0.15, 0.2) is 35.6 Å². The number of aromatic nitrogens is 1. The minimum absolute atomic E-state index is 0.0741. The first kappa shape index (κ1) is 15.0. The normalized spacial score (nSPS) is 10.6. The highest BCUT2D eigenvalue weighted by Gasteiger charge is 2.08. The topological polar surface area (TPSA) is 62.0 Å². The van der Waals surface area contributed by atoms with Crippen LogP contribution in [0.1, 0.15) is 23.1 Å². The maximum absolute atomic E-state index is 12.1. The van der Waals surface area contributed by atoms with E-state index in [1.165, 1.54) is 0 Å². The summed E-state index contributed by atoms with van der Waals surface area (Å²) in [5.74, 6) is -0.0741. The predicted octanol–water partition coefficient (Wildman–Crippen LogP) is 2.38. The first-order valence-corrected chi connectivity index (χ1v) is 7.02. The van der Waals surface area contributed by atoms with E-state index in [0.717, 1.165) is 22.0 Å². The smallest absolute Gasteiger partial charge is 0.251 e. The molecule has 2 aromatic rings. The van der Waals surface area contributed by atoms with Crippen LogP contribution in [0.5, 0.6) is 0 Å². The fourth-order valence-corrected chi connectivity index (χ4v) is 2.42. The number of fused-ring (bicyclic) bond motifs is 1. The van der Waals surface area contributed by atoms with Gasteiger partial charge in [-0.25, -0.2) is 0 Å². The van der Waals surface area contributed by atoms with Gasteiger partial charge in [-0.05, 0) is 43.5 Å². The summed E-state index contributed by atoms with van der Waals surface area (Å²) in [7, 11) is 0. The molecule has 0 aliphatic carbocycles. The van der Waals surface area contributed by atoms with Crippen molar-refractivity contribution in [2.75, 3.05) is 6.54 Å². The van der Waals surface area contributed by atoms with Crippen molar-refractivity contribution in [1.82, 2.24) is 10.3 Å². The lowest BCUT2D eigenvalue weighted by Crippen LogP contribution is -2.24. The molecule has 2 N–H and O–H groups in total. The molecule has 0 radical (unpaired) electrons. The molecule has 0 spiro atoms. The van der Waals surface area contributed by atoms with E-state index >= 15 is 0 Å². The number of carbonyl (C=O) groups excluding carboxylic acids is 1. The Morgan fingerprint density at radius 1 is 1.33 bits per heavy atom. The predicted molar refractivity (Wildman–Crippen MR) is 85.6 cm³/mol. The average Bonchev–Trinajstić information content (AvgIpc) is 2.43. The van der Waals surface area contributed by atoms with E-state index in [4.69, 9.17) is 0 Å². The van der Waals surface area contributed by atoms with Gasteiger partial charge in [0, 0.05) is 29.4 Å². The molecule has 21 heavy (non-hydrogen) atoms. The molecule has 0 saturated carbocycles. The van der Waals surface area contributed by atoms with Crippen molar-refractivity contribution < 1.29 is 4.79 Å². The molecule has 0 unspecified atom stereocenters. The second-order valence-corrected chi connectivity index (χ2v) is 5.26. The Bertz CT molecular complexity index is 744. The first-order valence-electron chi connectivity index (χ1n) is 7.02. The van der Waals surface area contributed by atoms with E-state index in [2.05, 4.69) is 22.9 Å². The Labute approximate surface area is 123 Å². The average molecular weight is 284 g/mol. The molecule has 1 aromatic heterocycles. The zero-order valence-electron chi connectivity index (χ0n) is 12.5.